The molecule has 0 radical (unpaired) electrons. The Hall–Kier alpha value is -5.92. The van der Waals surface area contributed by atoms with Gasteiger partial charge in [0.1, 0.15) is 12.4 Å². The first-order valence-electron chi connectivity index (χ1n) is 15.8. The number of para-hydroxylation sites is 1. The van der Waals surface area contributed by atoms with Gasteiger partial charge in [-0.1, -0.05) is 84.1 Å². The minimum absolute atomic E-state index is 0.118. The molecule has 0 spiro atoms. The predicted molar refractivity (Wildman–Crippen MR) is 187 cm³/mol. The highest BCUT2D eigenvalue weighted by molar-refractivity contribution is 7.07. The maximum atomic E-state index is 14.4. The number of ether oxygens (including phenoxy) is 4. The SMILES string of the molecule is CCOC(=O)C1=C(c2ccccc2)N=c2s/c(=C\c3cccc(OC)c3OCc3ccccc3C#N)c(=O)n2[C@@H]1c1ccc(OCC)cc1. The Labute approximate surface area is 287 Å². The van der Waals surface area contributed by atoms with Crippen LogP contribution in [0.4, 0.5) is 0 Å². The first kappa shape index (κ1) is 33.0. The lowest BCUT2D eigenvalue weighted by molar-refractivity contribution is -0.138. The van der Waals surface area contributed by atoms with Gasteiger partial charge in [0, 0.05) is 16.7 Å². The van der Waals surface area contributed by atoms with Crippen molar-refractivity contribution in [3.63, 3.8) is 0 Å². The van der Waals surface area contributed by atoms with Crippen molar-refractivity contribution in [3.8, 4) is 23.3 Å². The van der Waals surface area contributed by atoms with Crippen LogP contribution in [0.2, 0.25) is 0 Å². The number of carbonyl (C=O) groups excluding carboxylic acids is 1. The Bertz CT molecular complexity index is 2250. The molecule has 1 atom stereocenters. The number of esters is 1. The standard InChI is InChI=1S/C39H33N3O6S/c1-4-46-30-20-18-26(19-21-30)35-33(38(44)47-5-2)34(25-12-7-6-8-13-25)41-39-42(35)37(43)32(49-39)22-27-16-11-17-31(45-3)36(27)48-24-29-15-10-9-14-28(29)23-40/h6-22,35H,4-5,24H2,1-3H3/b32-22-/t35-/m1/s1. The maximum absolute atomic E-state index is 14.4. The third kappa shape index (κ3) is 6.75. The zero-order chi connectivity index (χ0) is 34.3. The van der Waals surface area contributed by atoms with Crippen molar-refractivity contribution in [3.05, 3.63) is 150 Å². The third-order valence-electron chi connectivity index (χ3n) is 7.91. The van der Waals surface area contributed by atoms with E-state index in [4.69, 9.17) is 23.9 Å². The molecule has 0 aliphatic carbocycles. The van der Waals surface area contributed by atoms with Crippen molar-refractivity contribution in [1.29, 1.82) is 5.26 Å². The molecule has 1 aromatic heterocycles. The monoisotopic (exact) mass is 671 g/mol. The van der Waals surface area contributed by atoms with Crippen molar-refractivity contribution < 1.29 is 23.7 Å². The van der Waals surface area contributed by atoms with Crippen LogP contribution in [-0.4, -0.2) is 30.9 Å². The molecule has 1 aliphatic rings. The molecule has 6 rings (SSSR count). The molecule has 0 saturated heterocycles. The molecule has 1 aliphatic heterocycles. The van der Waals surface area contributed by atoms with E-state index in [2.05, 4.69) is 6.07 Å². The molecule has 0 amide bonds. The van der Waals surface area contributed by atoms with E-state index in [1.807, 2.05) is 85.8 Å². The minimum Gasteiger partial charge on any atom is -0.494 e. The van der Waals surface area contributed by atoms with Gasteiger partial charge in [-0.25, -0.2) is 9.79 Å². The fourth-order valence-corrected chi connectivity index (χ4v) is 6.67. The number of thiazole rings is 1. The maximum Gasteiger partial charge on any atom is 0.338 e. The predicted octanol–water partition coefficient (Wildman–Crippen LogP) is 5.79. The van der Waals surface area contributed by atoms with Crippen LogP contribution in [0, 0.1) is 11.3 Å². The second-order valence-corrected chi connectivity index (χ2v) is 11.9. The van der Waals surface area contributed by atoms with Gasteiger partial charge in [-0.15, -0.1) is 0 Å². The summed E-state index contributed by atoms with van der Waals surface area (Å²) in [5.74, 6) is 1.01. The second kappa shape index (κ2) is 14.9. The lowest BCUT2D eigenvalue weighted by Crippen LogP contribution is -2.40. The van der Waals surface area contributed by atoms with Crippen LogP contribution in [0.25, 0.3) is 11.8 Å². The third-order valence-corrected chi connectivity index (χ3v) is 8.89. The van der Waals surface area contributed by atoms with Gasteiger partial charge in [0.2, 0.25) is 0 Å². The summed E-state index contributed by atoms with van der Waals surface area (Å²) in [5, 5.41) is 9.57. The van der Waals surface area contributed by atoms with E-state index in [9.17, 15) is 14.9 Å². The van der Waals surface area contributed by atoms with Gasteiger partial charge in [0.15, 0.2) is 16.3 Å². The number of methoxy groups -OCH3 is 1. The fraction of sp³-hybridized carbons (Fsp3) is 0.179. The molecular weight excluding hydrogens is 639 g/mol. The highest BCUT2D eigenvalue weighted by Crippen LogP contribution is 2.36. The van der Waals surface area contributed by atoms with Gasteiger partial charge in [-0.05, 0) is 49.8 Å². The van der Waals surface area contributed by atoms with Gasteiger partial charge in [-0.2, -0.15) is 5.26 Å². The summed E-state index contributed by atoms with van der Waals surface area (Å²) >= 11 is 1.21. The molecule has 0 saturated carbocycles. The molecule has 10 heteroatoms. The molecule has 5 aromatic rings. The van der Waals surface area contributed by atoms with E-state index < -0.39 is 12.0 Å². The van der Waals surface area contributed by atoms with E-state index in [-0.39, 0.29) is 24.3 Å². The summed E-state index contributed by atoms with van der Waals surface area (Å²) in [6.07, 6.45) is 1.74. The van der Waals surface area contributed by atoms with E-state index in [0.29, 0.717) is 55.6 Å². The quantitative estimate of drug-likeness (QED) is 0.163. The number of benzene rings is 4. The second-order valence-electron chi connectivity index (χ2n) is 10.9. The van der Waals surface area contributed by atoms with E-state index in [1.54, 1.807) is 42.9 Å². The topological polar surface area (TPSA) is 112 Å². The number of rotatable bonds is 11. The van der Waals surface area contributed by atoms with Crippen molar-refractivity contribution in [1.82, 2.24) is 4.57 Å². The van der Waals surface area contributed by atoms with Crippen LogP contribution in [0.15, 0.2) is 112 Å². The summed E-state index contributed by atoms with van der Waals surface area (Å²) in [6, 6.07) is 30.8. The Morgan fingerprint density at radius 1 is 0.939 bits per heavy atom. The van der Waals surface area contributed by atoms with Crippen LogP contribution < -0.4 is 29.1 Å². The summed E-state index contributed by atoms with van der Waals surface area (Å²) in [5.41, 5.74) is 3.61. The Morgan fingerprint density at radius 2 is 1.69 bits per heavy atom. The molecule has 49 heavy (non-hydrogen) atoms. The van der Waals surface area contributed by atoms with Gasteiger partial charge in [0.05, 0.1) is 53.8 Å². The van der Waals surface area contributed by atoms with Gasteiger partial charge >= 0.3 is 5.97 Å². The molecule has 0 fully saturated rings. The van der Waals surface area contributed by atoms with E-state index in [0.717, 1.165) is 11.1 Å². The van der Waals surface area contributed by atoms with Gasteiger partial charge in [0.25, 0.3) is 5.56 Å². The summed E-state index contributed by atoms with van der Waals surface area (Å²) in [4.78, 5) is 33.6. The zero-order valence-electron chi connectivity index (χ0n) is 27.2. The first-order chi connectivity index (χ1) is 24.0. The number of hydrogen-bond acceptors (Lipinski definition) is 9. The van der Waals surface area contributed by atoms with Gasteiger partial charge in [-0.3, -0.25) is 9.36 Å². The molecule has 0 bridgehead atoms. The first-order valence-corrected chi connectivity index (χ1v) is 16.6. The smallest absolute Gasteiger partial charge is 0.338 e. The Morgan fingerprint density at radius 3 is 2.41 bits per heavy atom. The number of hydrogen-bond donors (Lipinski definition) is 0. The number of aromatic nitrogens is 1. The van der Waals surface area contributed by atoms with Crippen LogP contribution in [0.1, 0.15) is 47.7 Å². The molecule has 246 valence electrons. The molecule has 2 heterocycles. The number of nitriles is 1. The number of fused-ring (bicyclic) bond motifs is 1. The summed E-state index contributed by atoms with van der Waals surface area (Å²) < 4.78 is 25.1. The van der Waals surface area contributed by atoms with Crippen molar-refractivity contribution >= 4 is 29.1 Å². The van der Waals surface area contributed by atoms with Crippen molar-refractivity contribution in [2.75, 3.05) is 20.3 Å². The normalized spacial score (nSPS) is 14.0. The summed E-state index contributed by atoms with van der Waals surface area (Å²) in [6.45, 7) is 4.43. The number of nitrogens with zero attached hydrogens (tertiary/aromatic N) is 3. The van der Waals surface area contributed by atoms with Crippen LogP contribution in [-0.2, 0) is 16.1 Å². The molecular formula is C39H33N3O6S. The highest BCUT2D eigenvalue weighted by atomic mass is 32.1. The average molecular weight is 672 g/mol. The Balaban J connectivity index is 1.54. The van der Waals surface area contributed by atoms with Crippen LogP contribution >= 0.6 is 11.3 Å². The molecule has 9 nitrogen and oxygen atoms in total. The van der Waals surface area contributed by atoms with E-state index in [1.165, 1.54) is 11.3 Å². The summed E-state index contributed by atoms with van der Waals surface area (Å²) in [7, 11) is 1.54. The fourth-order valence-electron chi connectivity index (χ4n) is 5.68. The minimum atomic E-state index is -0.827. The lowest BCUT2D eigenvalue weighted by atomic mass is 9.93. The lowest BCUT2D eigenvalue weighted by Gasteiger charge is -2.26. The van der Waals surface area contributed by atoms with Crippen LogP contribution in [0.5, 0.6) is 17.2 Å². The average Bonchev–Trinajstić information content (AvgIpc) is 3.45. The van der Waals surface area contributed by atoms with Crippen molar-refractivity contribution in [2.45, 2.75) is 26.5 Å². The van der Waals surface area contributed by atoms with Gasteiger partial charge < -0.3 is 18.9 Å². The Kier molecular flexibility index (Phi) is 10.0. The number of carbonyl (C=O) groups is 1. The van der Waals surface area contributed by atoms with Crippen LogP contribution in [0.3, 0.4) is 0 Å². The van der Waals surface area contributed by atoms with E-state index >= 15 is 0 Å². The zero-order valence-corrected chi connectivity index (χ0v) is 28.0. The van der Waals surface area contributed by atoms with Crippen molar-refractivity contribution in [2.24, 2.45) is 4.99 Å². The molecule has 4 aromatic carbocycles. The molecule has 0 unspecified atom stereocenters. The largest absolute Gasteiger partial charge is 0.494 e. The highest BCUT2D eigenvalue weighted by Gasteiger charge is 2.35. The molecule has 0 N–H and O–H groups in total.